The minimum atomic E-state index is -1.22. The molecule has 0 aliphatic carbocycles. The van der Waals surface area contributed by atoms with E-state index in [1.807, 2.05) is 18.2 Å². The van der Waals surface area contributed by atoms with Crippen molar-refractivity contribution in [2.45, 2.75) is 19.6 Å². The van der Waals surface area contributed by atoms with Gasteiger partial charge in [-0.1, -0.05) is 29.3 Å². The van der Waals surface area contributed by atoms with Crippen LogP contribution < -0.4 is 16.7 Å². The van der Waals surface area contributed by atoms with Crippen molar-refractivity contribution in [2.24, 2.45) is 7.05 Å². The average molecular weight is 625 g/mol. The number of pyridine rings is 1. The Balaban J connectivity index is 1.41. The highest BCUT2D eigenvalue weighted by Crippen LogP contribution is 2.30. The monoisotopic (exact) mass is 624 g/mol. The normalized spacial score (nSPS) is 11.4. The standard InChI is InChI=1S/C27H20Cl2F2N10O2/c1-38-14-33-23(37-38)13-41-26(42)35-25(40(27(41)43)10-15-6-19(29)24(31)20(30)7-15)34-22-8-16-11-39(36-21(16)9-18(22)28)12-17-4-2-3-5-32-17/h2-9,11,14H,10,12-13H2,1H3,(H,34,35,42). The van der Waals surface area contributed by atoms with E-state index in [0.717, 1.165) is 20.9 Å². The molecule has 218 valence electrons. The van der Waals surface area contributed by atoms with Crippen LogP contribution in [-0.4, -0.2) is 43.6 Å². The van der Waals surface area contributed by atoms with Crippen molar-refractivity contribution in [3.8, 4) is 0 Å². The molecular formula is C27H20Cl2F2N10O2. The molecule has 0 fully saturated rings. The molecule has 43 heavy (non-hydrogen) atoms. The third-order valence-electron chi connectivity index (χ3n) is 6.42. The number of halogens is 4. The van der Waals surface area contributed by atoms with Crippen molar-refractivity contribution in [2.75, 3.05) is 5.32 Å². The molecule has 6 aromatic rings. The third kappa shape index (κ3) is 5.87. The van der Waals surface area contributed by atoms with Gasteiger partial charge < -0.3 is 5.32 Å². The lowest BCUT2D eigenvalue weighted by atomic mass is 10.2. The Morgan fingerprint density at radius 2 is 1.77 bits per heavy atom. The molecule has 0 unspecified atom stereocenters. The maximum Gasteiger partial charge on any atom is 0.355 e. The smallest absolute Gasteiger partial charge is 0.324 e. The van der Waals surface area contributed by atoms with Crippen molar-refractivity contribution >= 4 is 45.7 Å². The summed E-state index contributed by atoms with van der Waals surface area (Å²) >= 11 is 12.4. The van der Waals surface area contributed by atoms with E-state index in [2.05, 4.69) is 30.5 Å². The van der Waals surface area contributed by atoms with Crippen LogP contribution in [-0.2, 0) is 26.7 Å². The van der Waals surface area contributed by atoms with Crippen LogP contribution in [0.1, 0.15) is 17.1 Å². The van der Waals surface area contributed by atoms with Gasteiger partial charge in [-0.15, -0.1) is 0 Å². The Morgan fingerprint density at radius 1 is 0.930 bits per heavy atom. The number of benzene rings is 2. The third-order valence-corrected chi connectivity index (χ3v) is 7.01. The summed E-state index contributed by atoms with van der Waals surface area (Å²) in [5.74, 6) is -2.41. The van der Waals surface area contributed by atoms with Crippen molar-refractivity contribution in [3.05, 3.63) is 121 Å². The lowest BCUT2D eigenvalue weighted by molar-refractivity contribution is 0.505. The first-order valence-corrected chi connectivity index (χ1v) is 13.4. The van der Waals surface area contributed by atoms with Gasteiger partial charge in [0.2, 0.25) is 5.95 Å². The van der Waals surface area contributed by atoms with Crippen LogP contribution in [0, 0.1) is 11.6 Å². The number of anilines is 2. The summed E-state index contributed by atoms with van der Waals surface area (Å²) in [6.07, 6.45) is 4.91. The van der Waals surface area contributed by atoms with Crippen molar-refractivity contribution in [1.82, 2.24) is 43.6 Å². The first-order chi connectivity index (χ1) is 20.6. The van der Waals surface area contributed by atoms with Crippen molar-refractivity contribution in [1.29, 1.82) is 0 Å². The predicted octanol–water partition coefficient (Wildman–Crippen LogP) is 3.75. The number of fused-ring (bicyclic) bond motifs is 1. The number of aryl methyl sites for hydroxylation is 1. The molecule has 6 rings (SSSR count). The molecule has 0 saturated carbocycles. The topological polar surface area (TPSA) is 130 Å². The van der Waals surface area contributed by atoms with E-state index < -0.39 is 28.0 Å². The molecule has 1 N–H and O–H groups in total. The quantitative estimate of drug-likeness (QED) is 0.253. The summed E-state index contributed by atoms with van der Waals surface area (Å²) in [6, 6.07) is 11.0. The summed E-state index contributed by atoms with van der Waals surface area (Å²) in [6.45, 7) is -0.160. The largest absolute Gasteiger partial charge is 0.355 e. The van der Waals surface area contributed by atoms with Gasteiger partial charge in [-0.05, 0) is 42.0 Å². The van der Waals surface area contributed by atoms with Gasteiger partial charge in [-0.3, -0.25) is 18.9 Å². The highest BCUT2D eigenvalue weighted by Gasteiger charge is 2.19. The van der Waals surface area contributed by atoms with Gasteiger partial charge in [0.1, 0.15) is 6.33 Å². The first kappa shape index (κ1) is 28.2. The predicted molar refractivity (Wildman–Crippen MR) is 155 cm³/mol. The lowest BCUT2D eigenvalue weighted by Crippen LogP contribution is -2.43. The summed E-state index contributed by atoms with van der Waals surface area (Å²) in [5, 5.41) is 12.1. The van der Waals surface area contributed by atoms with Gasteiger partial charge in [0.15, 0.2) is 17.5 Å². The van der Waals surface area contributed by atoms with Gasteiger partial charge in [0, 0.05) is 24.8 Å². The van der Waals surface area contributed by atoms with Gasteiger partial charge in [0.05, 0.1) is 46.6 Å². The van der Waals surface area contributed by atoms with Crippen molar-refractivity contribution in [3.63, 3.8) is 0 Å². The summed E-state index contributed by atoms with van der Waals surface area (Å²) in [4.78, 5) is 39.2. The van der Waals surface area contributed by atoms with E-state index in [0.29, 0.717) is 23.1 Å². The molecule has 2 aromatic carbocycles. The van der Waals surface area contributed by atoms with E-state index in [9.17, 15) is 18.4 Å². The van der Waals surface area contributed by atoms with E-state index in [1.165, 1.54) is 17.1 Å². The molecule has 0 aliphatic rings. The molecule has 0 spiro atoms. The Bertz CT molecular complexity index is 2080. The molecule has 0 radical (unpaired) electrons. The van der Waals surface area contributed by atoms with E-state index in [1.54, 1.807) is 36.3 Å². The molecule has 4 heterocycles. The van der Waals surface area contributed by atoms with Gasteiger partial charge in [-0.2, -0.15) is 15.2 Å². The number of nitrogens with zero attached hydrogens (tertiary/aromatic N) is 9. The van der Waals surface area contributed by atoms with Crippen LogP contribution in [0.25, 0.3) is 10.9 Å². The molecule has 4 aromatic heterocycles. The maximum absolute atomic E-state index is 14.2. The summed E-state index contributed by atoms with van der Waals surface area (Å²) < 4.78 is 33.1. The fraction of sp³-hybridized carbons (Fsp3) is 0.148. The van der Waals surface area contributed by atoms with Crippen LogP contribution in [0.2, 0.25) is 10.0 Å². The average Bonchev–Trinajstić information content (AvgIpc) is 3.56. The number of rotatable bonds is 8. The fourth-order valence-corrected chi connectivity index (χ4v) is 4.87. The zero-order valence-corrected chi connectivity index (χ0v) is 23.8. The van der Waals surface area contributed by atoms with Crippen molar-refractivity contribution < 1.29 is 8.78 Å². The Hall–Kier alpha value is -4.95. The zero-order chi connectivity index (χ0) is 30.2. The summed E-state index contributed by atoms with van der Waals surface area (Å²) in [7, 11) is 1.64. The number of aromatic nitrogens is 9. The van der Waals surface area contributed by atoms with Crippen LogP contribution in [0.3, 0.4) is 0 Å². The second-order valence-electron chi connectivity index (χ2n) is 9.54. The van der Waals surface area contributed by atoms with E-state index in [4.69, 9.17) is 23.2 Å². The van der Waals surface area contributed by atoms with E-state index >= 15 is 0 Å². The molecule has 0 bridgehead atoms. The Kier molecular flexibility index (Phi) is 7.46. The zero-order valence-electron chi connectivity index (χ0n) is 22.2. The van der Waals surface area contributed by atoms with Gasteiger partial charge in [0.25, 0.3) is 0 Å². The summed E-state index contributed by atoms with van der Waals surface area (Å²) in [5.41, 5.74) is 0.183. The molecule has 0 aliphatic heterocycles. The Morgan fingerprint density at radius 3 is 2.49 bits per heavy atom. The van der Waals surface area contributed by atoms with Crippen LogP contribution in [0.15, 0.2) is 70.8 Å². The van der Waals surface area contributed by atoms with Gasteiger partial charge in [-0.25, -0.2) is 27.9 Å². The second kappa shape index (κ2) is 11.4. The molecular weight excluding hydrogens is 605 g/mol. The highest BCUT2D eigenvalue weighted by atomic mass is 35.5. The number of hydrogen-bond acceptors (Lipinski definition) is 8. The Labute approximate surface area is 250 Å². The second-order valence-corrected chi connectivity index (χ2v) is 10.4. The highest BCUT2D eigenvalue weighted by molar-refractivity contribution is 6.34. The molecule has 0 atom stereocenters. The molecule has 12 nitrogen and oxygen atoms in total. The minimum absolute atomic E-state index is 0.148. The van der Waals surface area contributed by atoms with E-state index in [-0.39, 0.29) is 35.4 Å². The molecule has 0 amide bonds. The maximum atomic E-state index is 14.2. The molecule has 0 saturated heterocycles. The van der Waals surface area contributed by atoms with Gasteiger partial charge >= 0.3 is 11.4 Å². The number of hydrogen-bond donors (Lipinski definition) is 1. The fourth-order valence-electron chi connectivity index (χ4n) is 4.43. The number of nitrogens with one attached hydrogen (secondary N) is 1. The molecule has 16 heteroatoms. The van der Waals surface area contributed by atoms with Crippen LogP contribution in [0.4, 0.5) is 20.4 Å². The first-order valence-electron chi connectivity index (χ1n) is 12.7. The lowest BCUT2D eigenvalue weighted by Gasteiger charge is -2.16. The SMILES string of the molecule is Cn1cnc(Cn2c(=O)nc(Nc3cc4cn(Cc5ccccn5)nc4cc3Cl)n(Cc3cc(F)c(F)c(Cl)c3)c2=O)n1. The minimum Gasteiger partial charge on any atom is -0.324 e. The van der Waals surface area contributed by atoms with Crippen LogP contribution >= 0.6 is 23.2 Å². The van der Waals surface area contributed by atoms with Crippen LogP contribution in [0.5, 0.6) is 0 Å².